The van der Waals surface area contributed by atoms with Crippen LogP contribution in [0.3, 0.4) is 0 Å². The molecule has 11 nitrogen and oxygen atoms in total. The van der Waals surface area contributed by atoms with Crippen molar-refractivity contribution in [3.05, 3.63) is 406 Å². The van der Waals surface area contributed by atoms with E-state index >= 15 is 0 Å². The van der Waals surface area contributed by atoms with Crippen LogP contribution in [0.4, 0.5) is 0 Å². The molecule has 0 saturated carbocycles. The lowest BCUT2D eigenvalue weighted by atomic mass is 9.98. The molecule has 0 aliphatic rings. The maximum Gasteiger partial charge on any atom is 0.164 e. The second-order valence-electron chi connectivity index (χ2n) is 30.2. The fraction of sp³-hybridized carbons (Fsp3) is 0. The Morgan fingerprint density at radius 3 is 1.03 bits per heavy atom. The fourth-order valence-electron chi connectivity index (χ4n) is 17.2. The second kappa shape index (κ2) is 28.9. The van der Waals surface area contributed by atoms with Crippen molar-refractivity contribution in [2.24, 2.45) is 0 Å². The van der Waals surface area contributed by atoms with E-state index in [4.69, 9.17) is 43.7 Å². The lowest BCUT2D eigenvalue weighted by molar-refractivity contribution is 0.676. The molecule has 0 amide bonds. The number of nitrogens with zero attached hydrogens (tertiary/aromatic N) is 9. The largest absolute Gasteiger partial charge is 0.453 e. The minimum absolute atomic E-state index is 0.628. The third-order valence-corrected chi connectivity index (χ3v) is 23.1. The molecule has 0 aliphatic carbocycles. The predicted molar refractivity (Wildman–Crippen MR) is 490 cm³/mol. The van der Waals surface area contributed by atoms with Gasteiger partial charge in [-0.05, 0) is 111 Å². The van der Waals surface area contributed by atoms with E-state index in [0.717, 1.165) is 189 Å². The number of hydrogen-bond donors (Lipinski definition) is 0. The second-order valence-corrected chi connectivity index (χ2v) is 30.2. The highest BCUT2D eigenvalue weighted by Crippen LogP contribution is 2.48. The number of fused-ring (bicyclic) bond motifs is 16. The van der Waals surface area contributed by atoms with Gasteiger partial charge in [-0.2, -0.15) is 0 Å². The Bertz CT molecular complexity index is 7980. The summed E-state index contributed by atoms with van der Waals surface area (Å²) in [5, 5.41) is 10.9. The summed E-state index contributed by atoms with van der Waals surface area (Å²) in [5.41, 5.74) is 27.4. The SMILES string of the molecule is c1ccc(-c2cc(-c3ccc(-c4ccc(-c5nc6ccccc6c6oc7c8ccccc8n(-c8cccc9ccccc89)c7c56)cc4)cc3)nc(-c3ccccc3)n2)cc1.c1ccc(-c2nc(-c3ccccc3)nc(-c3ccc(-c4ccc(-c5nc6ccccc6c6oc7c8ccccc8n(-c8ccc9ccccc9c8)c7c56)cc4)cc3)n2)cc1. The number of aromatic nitrogens is 9. The summed E-state index contributed by atoms with van der Waals surface area (Å²) in [6, 6.07) is 141. The van der Waals surface area contributed by atoms with E-state index in [-0.39, 0.29) is 0 Å². The molecule has 120 heavy (non-hydrogen) atoms. The van der Waals surface area contributed by atoms with Gasteiger partial charge in [-0.1, -0.05) is 334 Å². The Morgan fingerprint density at radius 1 is 0.200 bits per heavy atom. The zero-order valence-electron chi connectivity index (χ0n) is 64.5. The summed E-state index contributed by atoms with van der Waals surface area (Å²) in [5.74, 6) is 2.62. The van der Waals surface area contributed by atoms with Crippen LogP contribution < -0.4 is 0 Å². The van der Waals surface area contributed by atoms with Gasteiger partial charge in [-0.3, -0.25) is 0 Å². The van der Waals surface area contributed by atoms with Gasteiger partial charge < -0.3 is 18.0 Å². The highest BCUT2D eigenvalue weighted by molar-refractivity contribution is 6.26. The minimum atomic E-state index is 0.628. The summed E-state index contributed by atoms with van der Waals surface area (Å²) < 4.78 is 18.7. The molecule has 0 saturated heterocycles. The lowest BCUT2D eigenvalue weighted by Crippen LogP contribution is -2.00. The summed E-state index contributed by atoms with van der Waals surface area (Å²) in [7, 11) is 0. The first-order chi connectivity index (χ1) is 59.5. The van der Waals surface area contributed by atoms with Gasteiger partial charge >= 0.3 is 0 Å². The van der Waals surface area contributed by atoms with Crippen LogP contribution in [0.2, 0.25) is 0 Å². The monoisotopic (exact) mass is 1530 g/mol. The number of pyridine rings is 2. The Labute approximate surface area is 688 Å². The van der Waals surface area contributed by atoms with Gasteiger partial charge in [0.15, 0.2) is 34.5 Å². The smallest absolute Gasteiger partial charge is 0.164 e. The van der Waals surface area contributed by atoms with Gasteiger partial charge in [0.05, 0.1) is 61.3 Å². The predicted octanol–water partition coefficient (Wildman–Crippen LogP) is 28.1. The van der Waals surface area contributed by atoms with Crippen LogP contribution in [0, 0.1) is 0 Å². The van der Waals surface area contributed by atoms with Gasteiger partial charge in [0.1, 0.15) is 22.2 Å². The molecule has 0 aliphatic heterocycles. The van der Waals surface area contributed by atoms with Crippen LogP contribution in [0.25, 0.3) is 234 Å². The molecular formula is C109H67N9O2. The molecule has 0 radical (unpaired) electrons. The van der Waals surface area contributed by atoms with E-state index in [2.05, 4.69) is 306 Å². The minimum Gasteiger partial charge on any atom is -0.453 e. The molecular weight excluding hydrogens is 1470 g/mol. The molecule has 0 unspecified atom stereocenters. The third kappa shape index (κ3) is 12.0. The molecule has 16 aromatic carbocycles. The number of benzene rings is 16. The first-order valence-corrected chi connectivity index (χ1v) is 40.2. The molecule has 24 aromatic rings. The van der Waals surface area contributed by atoms with Crippen LogP contribution in [-0.2, 0) is 0 Å². The van der Waals surface area contributed by atoms with E-state index in [1.54, 1.807) is 0 Å². The quantitative estimate of drug-likeness (QED) is 0.117. The Morgan fingerprint density at radius 2 is 0.542 bits per heavy atom. The lowest BCUT2D eigenvalue weighted by Gasteiger charge is -2.13. The Balaban J connectivity index is 0.000000140. The topological polar surface area (TPSA) is 126 Å². The Hall–Kier alpha value is -16.4. The number of furan rings is 2. The molecule has 560 valence electrons. The van der Waals surface area contributed by atoms with Gasteiger partial charge in [-0.15, -0.1) is 0 Å². The highest BCUT2D eigenvalue weighted by atomic mass is 16.3. The van der Waals surface area contributed by atoms with Gasteiger partial charge in [0.2, 0.25) is 0 Å². The van der Waals surface area contributed by atoms with Gasteiger partial charge in [-0.25, -0.2) is 34.9 Å². The van der Waals surface area contributed by atoms with Crippen molar-refractivity contribution in [3.8, 4) is 124 Å². The van der Waals surface area contributed by atoms with E-state index in [1.165, 1.54) is 21.5 Å². The van der Waals surface area contributed by atoms with E-state index in [1.807, 2.05) is 109 Å². The standard InChI is InChI=1S/C55H34N4O.C54H33N5O/c1-3-15-38(16-4-1)46-34-47(58-55(57-46)41-17-5-2-6-18-41)39-30-26-35(27-31-39)36-28-32-40(33-29-36)51-50-52-54(60-53(50)43-21-9-11-23-45(43)56-51)44-22-10-12-24-49(44)59(52)48-25-13-19-37-14-7-8-20-42(37)48;1-3-14-38(15-4-1)52-56-53(39-16-5-2-6-17-39)58-54(57-52)40-29-25-36(26-30-40)35-23-27-37(28-24-35)48-47-49-51(60-50(47)43-19-9-11-21-45(43)55-48)44-20-10-12-22-46(44)59(49)42-32-31-34-13-7-8-18-41(34)33-42/h1-34H;1-33H. The van der Waals surface area contributed by atoms with Crippen LogP contribution in [0.1, 0.15) is 0 Å². The van der Waals surface area contributed by atoms with Crippen LogP contribution in [0.15, 0.2) is 415 Å². The van der Waals surface area contributed by atoms with Crippen LogP contribution in [-0.4, -0.2) is 44.0 Å². The average Bonchev–Trinajstić information content (AvgIpc) is 1.55. The molecule has 0 spiro atoms. The zero-order valence-corrected chi connectivity index (χ0v) is 64.5. The molecule has 0 fully saturated rings. The average molecular weight is 1530 g/mol. The Kier molecular flexibility index (Phi) is 16.6. The molecule has 8 aromatic heterocycles. The van der Waals surface area contributed by atoms with E-state index < -0.39 is 0 Å². The molecule has 0 atom stereocenters. The van der Waals surface area contributed by atoms with Crippen molar-refractivity contribution in [1.29, 1.82) is 0 Å². The van der Waals surface area contributed by atoms with Crippen molar-refractivity contribution >= 4 is 109 Å². The van der Waals surface area contributed by atoms with Gasteiger partial charge in [0.25, 0.3) is 0 Å². The summed E-state index contributed by atoms with van der Waals surface area (Å²) in [4.78, 5) is 35.5. The molecule has 11 heteroatoms. The van der Waals surface area contributed by atoms with Crippen molar-refractivity contribution in [2.75, 3.05) is 0 Å². The molecule has 0 N–H and O–H groups in total. The number of para-hydroxylation sites is 4. The van der Waals surface area contributed by atoms with Crippen molar-refractivity contribution in [2.45, 2.75) is 0 Å². The summed E-state index contributed by atoms with van der Waals surface area (Å²) in [6.07, 6.45) is 0. The molecule has 0 bridgehead atoms. The van der Waals surface area contributed by atoms with Crippen molar-refractivity contribution in [3.63, 3.8) is 0 Å². The van der Waals surface area contributed by atoms with Crippen LogP contribution in [0.5, 0.6) is 0 Å². The molecule has 24 rings (SSSR count). The molecule has 8 heterocycles. The van der Waals surface area contributed by atoms with E-state index in [9.17, 15) is 0 Å². The van der Waals surface area contributed by atoms with Crippen LogP contribution >= 0.6 is 0 Å². The summed E-state index contributed by atoms with van der Waals surface area (Å²) >= 11 is 0. The zero-order chi connectivity index (χ0) is 79.1. The maximum absolute atomic E-state index is 6.99. The van der Waals surface area contributed by atoms with Crippen molar-refractivity contribution < 1.29 is 8.83 Å². The highest BCUT2D eigenvalue weighted by Gasteiger charge is 2.28. The van der Waals surface area contributed by atoms with E-state index in [0.29, 0.717) is 23.3 Å². The summed E-state index contributed by atoms with van der Waals surface area (Å²) in [6.45, 7) is 0. The van der Waals surface area contributed by atoms with Crippen molar-refractivity contribution in [1.82, 2.24) is 44.0 Å². The normalized spacial score (nSPS) is 11.7. The number of hydrogen-bond acceptors (Lipinski definition) is 9. The third-order valence-electron chi connectivity index (χ3n) is 23.1. The first-order valence-electron chi connectivity index (χ1n) is 40.2. The van der Waals surface area contributed by atoms with Gasteiger partial charge in [0, 0.05) is 77.1 Å². The maximum atomic E-state index is 6.99. The fourth-order valence-corrected chi connectivity index (χ4v) is 17.2. The number of rotatable bonds is 12. The first kappa shape index (κ1) is 69.2.